The summed E-state index contributed by atoms with van der Waals surface area (Å²) in [5.74, 6) is 0. The average molecular weight is 515 g/mol. The van der Waals surface area contributed by atoms with E-state index in [0.29, 0.717) is 64.0 Å². The Hall–Kier alpha value is -1.10. The number of unbranched alkanes of at least 4 members (excludes halogenated alkanes) is 2. The highest BCUT2D eigenvalue weighted by Crippen LogP contribution is 2.27. The molecule has 0 spiro atoms. The molecule has 0 fully saturated rings. The Labute approximate surface area is 218 Å². The molecule has 0 bridgehead atoms. The molecule has 1 aromatic carbocycles. The Morgan fingerprint density at radius 2 is 0.889 bits per heavy atom. The molecule has 0 aliphatic heterocycles. The van der Waals surface area contributed by atoms with Gasteiger partial charge >= 0.3 is 0 Å². The zero-order valence-electron chi connectivity index (χ0n) is 23.0. The predicted molar refractivity (Wildman–Crippen MR) is 140 cm³/mol. The lowest BCUT2D eigenvalue weighted by Gasteiger charge is -2.28. The summed E-state index contributed by atoms with van der Waals surface area (Å²) in [6.45, 7) is 13.3. The van der Waals surface area contributed by atoms with E-state index in [1.807, 2.05) is 18.2 Å². The molecule has 36 heavy (non-hydrogen) atoms. The van der Waals surface area contributed by atoms with Gasteiger partial charge in [0.05, 0.1) is 66.1 Å². The van der Waals surface area contributed by atoms with Crippen molar-refractivity contribution in [2.75, 3.05) is 79.3 Å². The summed E-state index contributed by atoms with van der Waals surface area (Å²) in [5.41, 5.74) is -1.08. The third-order valence-corrected chi connectivity index (χ3v) is 5.65. The van der Waals surface area contributed by atoms with Crippen LogP contribution in [0.2, 0.25) is 0 Å². The maximum absolute atomic E-state index is 10.9. The van der Waals surface area contributed by atoms with Gasteiger partial charge in [-0.05, 0) is 43.9 Å². The summed E-state index contributed by atoms with van der Waals surface area (Å²) >= 11 is 0. The first-order valence-electron chi connectivity index (χ1n) is 13.4. The summed E-state index contributed by atoms with van der Waals surface area (Å²) in [5, 5.41) is 21.9. The Kier molecular flexibility index (Phi) is 18.2. The Morgan fingerprint density at radius 3 is 1.25 bits per heavy atom. The van der Waals surface area contributed by atoms with Crippen molar-refractivity contribution < 1.29 is 38.6 Å². The van der Waals surface area contributed by atoms with Gasteiger partial charge in [0, 0.05) is 13.2 Å². The largest absolute Gasteiger partial charge is 0.383 e. The fourth-order valence-electron chi connectivity index (χ4n) is 3.27. The molecule has 8 heteroatoms. The highest BCUT2D eigenvalue weighted by Gasteiger charge is 2.28. The quantitative estimate of drug-likeness (QED) is 0.201. The van der Waals surface area contributed by atoms with E-state index in [0.717, 1.165) is 38.9 Å². The molecule has 2 atom stereocenters. The van der Waals surface area contributed by atoms with Crippen LogP contribution in [-0.4, -0.2) is 89.5 Å². The predicted octanol–water partition coefficient (Wildman–Crippen LogP) is 3.80. The van der Waals surface area contributed by atoms with Crippen LogP contribution in [0.1, 0.15) is 64.5 Å². The van der Waals surface area contributed by atoms with E-state index in [4.69, 9.17) is 28.4 Å². The first-order valence-corrected chi connectivity index (χ1v) is 13.4. The fraction of sp³-hybridized carbons (Fsp3) is 0.786. The Balaban J connectivity index is 2.31. The molecule has 0 radical (unpaired) electrons. The minimum absolute atomic E-state index is 0.116. The topological polar surface area (TPSA) is 95.8 Å². The molecule has 1 aromatic rings. The van der Waals surface area contributed by atoms with E-state index >= 15 is 0 Å². The standard InChI is InChI=1S/C28H50O8/c1-5-7-12-31-14-16-33-18-20-35-23-27(3,29)25-10-9-11-26(22-25)28(4,30)24-36-21-19-34-17-15-32-13-8-6-2/h9-11,22,29-30H,5-8,12-21,23-24H2,1-4H3. The van der Waals surface area contributed by atoms with Crippen LogP contribution in [0, 0.1) is 0 Å². The highest BCUT2D eigenvalue weighted by atomic mass is 16.6. The van der Waals surface area contributed by atoms with Crippen LogP contribution < -0.4 is 0 Å². The van der Waals surface area contributed by atoms with Crippen molar-refractivity contribution in [3.63, 3.8) is 0 Å². The molecule has 1 rings (SSSR count). The summed E-state index contributed by atoms with van der Waals surface area (Å²) in [6, 6.07) is 7.26. The molecular weight excluding hydrogens is 464 g/mol. The van der Waals surface area contributed by atoms with Crippen molar-refractivity contribution in [1.82, 2.24) is 0 Å². The minimum Gasteiger partial charge on any atom is -0.383 e. The number of ether oxygens (including phenoxy) is 6. The molecule has 0 saturated heterocycles. The van der Waals surface area contributed by atoms with Gasteiger partial charge in [-0.25, -0.2) is 0 Å². The van der Waals surface area contributed by atoms with Crippen LogP contribution in [0.3, 0.4) is 0 Å². The molecule has 2 unspecified atom stereocenters. The van der Waals surface area contributed by atoms with Gasteiger partial charge in [-0.2, -0.15) is 0 Å². The summed E-state index contributed by atoms with van der Waals surface area (Å²) < 4.78 is 33.2. The number of benzene rings is 1. The molecule has 2 N–H and O–H groups in total. The van der Waals surface area contributed by atoms with E-state index in [2.05, 4.69) is 13.8 Å². The van der Waals surface area contributed by atoms with Gasteiger partial charge in [0.1, 0.15) is 11.2 Å². The van der Waals surface area contributed by atoms with Crippen molar-refractivity contribution in [3.8, 4) is 0 Å². The molecule has 0 amide bonds. The molecule has 0 aliphatic rings. The van der Waals surface area contributed by atoms with Gasteiger partial charge in [-0.3, -0.25) is 0 Å². The smallest absolute Gasteiger partial charge is 0.110 e. The van der Waals surface area contributed by atoms with Crippen LogP contribution in [-0.2, 0) is 39.6 Å². The van der Waals surface area contributed by atoms with Crippen LogP contribution in [0.5, 0.6) is 0 Å². The van der Waals surface area contributed by atoms with Gasteiger partial charge < -0.3 is 38.6 Å². The van der Waals surface area contributed by atoms with Crippen LogP contribution in [0.15, 0.2) is 24.3 Å². The van der Waals surface area contributed by atoms with Crippen molar-refractivity contribution >= 4 is 0 Å². The second-order valence-electron chi connectivity index (χ2n) is 9.39. The van der Waals surface area contributed by atoms with Gasteiger partial charge in [0.25, 0.3) is 0 Å². The lowest BCUT2D eigenvalue weighted by Crippen LogP contribution is -2.31. The van der Waals surface area contributed by atoms with E-state index in [9.17, 15) is 10.2 Å². The van der Waals surface area contributed by atoms with Crippen molar-refractivity contribution in [2.45, 2.75) is 64.6 Å². The Morgan fingerprint density at radius 1 is 0.556 bits per heavy atom. The second-order valence-corrected chi connectivity index (χ2v) is 9.39. The van der Waals surface area contributed by atoms with E-state index in [1.54, 1.807) is 19.9 Å². The Bertz CT molecular complexity index is 599. The maximum atomic E-state index is 10.9. The third-order valence-electron chi connectivity index (χ3n) is 5.65. The van der Waals surface area contributed by atoms with Gasteiger partial charge in [0.15, 0.2) is 0 Å². The zero-order valence-corrected chi connectivity index (χ0v) is 23.0. The van der Waals surface area contributed by atoms with Crippen LogP contribution in [0.25, 0.3) is 0 Å². The third kappa shape index (κ3) is 15.2. The number of hydrogen-bond donors (Lipinski definition) is 2. The molecule has 0 aromatic heterocycles. The summed E-state index contributed by atoms with van der Waals surface area (Å²) in [4.78, 5) is 0. The highest BCUT2D eigenvalue weighted by molar-refractivity contribution is 5.31. The molecule has 210 valence electrons. The summed E-state index contributed by atoms with van der Waals surface area (Å²) in [6.07, 6.45) is 4.36. The second kappa shape index (κ2) is 19.9. The zero-order chi connectivity index (χ0) is 26.5. The van der Waals surface area contributed by atoms with Gasteiger partial charge in [0.2, 0.25) is 0 Å². The van der Waals surface area contributed by atoms with Crippen LogP contribution in [0.4, 0.5) is 0 Å². The molecule has 0 aliphatic carbocycles. The lowest BCUT2D eigenvalue weighted by molar-refractivity contribution is -0.0583. The SMILES string of the molecule is CCCCOCCOCCOCC(C)(O)c1cccc(C(C)(O)COCCOCCOCCCC)c1. The molecule has 8 nitrogen and oxygen atoms in total. The molecular formula is C28H50O8. The number of aliphatic hydroxyl groups is 2. The lowest BCUT2D eigenvalue weighted by atomic mass is 9.90. The fourth-order valence-corrected chi connectivity index (χ4v) is 3.27. The monoisotopic (exact) mass is 514 g/mol. The van der Waals surface area contributed by atoms with Gasteiger partial charge in [-0.1, -0.05) is 44.9 Å². The van der Waals surface area contributed by atoms with E-state index in [-0.39, 0.29) is 13.2 Å². The van der Waals surface area contributed by atoms with Crippen molar-refractivity contribution in [2.24, 2.45) is 0 Å². The minimum atomic E-state index is -1.21. The van der Waals surface area contributed by atoms with E-state index in [1.165, 1.54) is 0 Å². The summed E-state index contributed by atoms with van der Waals surface area (Å²) in [7, 11) is 0. The number of rotatable bonds is 24. The molecule has 0 heterocycles. The first kappa shape index (κ1) is 32.9. The van der Waals surface area contributed by atoms with Crippen molar-refractivity contribution in [3.05, 3.63) is 35.4 Å². The van der Waals surface area contributed by atoms with Crippen LogP contribution >= 0.6 is 0 Å². The first-order chi connectivity index (χ1) is 17.3. The maximum Gasteiger partial charge on any atom is 0.110 e. The average Bonchev–Trinajstić information content (AvgIpc) is 2.86. The van der Waals surface area contributed by atoms with E-state index < -0.39 is 11.2 Å². The normalized spacial score (nSPS) is 15.1. The molecule has 0 saturated carbocycles. The van der Waals surface area contributed by atoms with Gasteiger partial charge in [-0.15, -0.1) is 0 Å². The van der Waals surface area contributed by atoms with Crippen molar-refractivity contribution in [1.29, 1.82) is 0 Å². The number of hydrogen-bond acceptors (Lipinski definition) is 8.